The molecule has 1 aromatic heterocycles. The number of carbonyl (C=O) groups excluding carboxylic acids is 2. The smallest absolute Gasteiger partial charge is 0.267 e. The van der Waals surface area contributed by atoms with Crippen LogP contribution in [0.5, 0.6) is 0 Å². The van der Waals surface area contributed by atoms with Crippen molar-refractivity contribution in [1.29, 1.82) is 0 Å². The van der Waals surface area contributed by atoms with Crippen LogP contribution >= 0.6 is 0 Å². The van der Waals surface area contributed by atoms with Crippen LogP contribution in [0, 0.1) is 12.8 Å². The maximum absolute atomic E-state index is 11.5. The largest absolute Gasteiger partial charge is 0.364 e. The summed E-state index contributed by atoms with van der Waals surface area (Å²) in [6, 6.07) is 1.48. The molecule has 0 atom stereocenters. The van der Waals surface area contributed by atoms with E-state index in [4.69, 9.17) is 5.73 Å². The summed E-state index contributed by atoms with van der Waals surface area (Å²) >= 11 is 0. The topological polar surface area (TPSA) is 98.0 Å². The number of aryl methyl sites for hydroxylation is 1. The minimum Gasteiger partial charge on any atom is -0.364 e. The van der Waals surface area contributed by atoms with Gasteiger partial charge in [0, 0.05) is 11.6 Å². The highest BCUT2D eigenvalue weighted by Crippen LogP contribution is 2.29. The Balaban J connectivity index is 2.19. The van der Waals surface area contributed by atoms with E-state index in [-0.39, 0.29) is 23.5 Å². The molecular formula is C10H12N4O2. The van der Waals surface area contributed by atoms with Gasteiger partial charge in [-0.3, -0.25) is 14.9 Å². The zero-order chi connectivity index (χ0) is 11.7. The number of hydrogen-bond donors (Lipinski definition) is 2. The van der Waals surface area contributed by atoms with E-state index in [1.807, 2.05) is 0 Å². The fourth-order valence-electron chi connectivity index (χ4n) is 1.31. The molecule has 84 valence electrons. The first-order chi connectivity index (χ1) is 7.56. The number of anilines is 1. The highest BCUT2D eigenvalue weighted by Gasteiger charge is 2.30. The van der Waals surface area contributed by atoms with Gasteiger partial charge in [-0.1, -0.05) is 0 Å². The normalized spacial score (nSPS) is 14.6. The molecule has 0 bridgehead atoms. The van der Waals surface area contributed by atoms with Crippen molar-refractivity contribution in [3.63, 3.8) is 0 Å². The molecule has 1 aliphatic carbocycles. The second-order valence-electron chi connectivity index (χ2n) is 3.85. The molecule has 2 amide bonds. The third-order valence-corrected chi connectivity index (χ3v) is 2.29. The van der Waals surface area contributed by atoms with Crippen molar-refractivity contribution in [2.24, 2.45) is 11.7 Å². The van der Waals surface area contributed by atoms with Gasteiger partial charge < -0.3 is 5.73 Å². The van der Waals surface area contributed by atoms with Gasteiger partial charge in [-0.05, 0) is 25.8 Å². The molecule has 6 nitrogen and oxygen atoms in total. The molecule has 0 aromatic carbocycles. The minimum absolute atomic E-state index is 0.0705. The minimum atomic E-state index is -0.632. The lowest BCUT2D eigenvalue weighted by Crippen LogP contribution is -2.19. The quantitative estimate of drug-likeness (QED) is 0.761. The van der Waals surface area contributed by atoms with Crippen LogP contribution in [0.25, 0.3) is 0 Å². The Hall–Kier alpha value is -1.98. The molecule has 6 heteroatoms. The van der Waals surface area contributed by atoms with Crippen LogP contribution < -0.4 is 11.1 Å². The molecule has 16 heavy (non-hydrogen) atoms. The first-order valence-corrected chi connectivity index (χ1v) is 5.02. The van der Waals surface area contributed by atoms with E-state index < -0.39 is 5.91 Å². The first-order valence-electron chi connectivity index (χ1n) is 5.02. The lowest BCUT2D eigenvalue weighted by Gasteiger charge is -2.04. The molecule has 0 radical (unpaired) electrons. The van der Waals surface area contributed by atoms with Gasteiger partial charge in [0.2, 0.25) is 11.9 Å². The van der Waals surface area contributed by atoms with Gasteiger partial charge in [0.15, 0.2) is 0 Å². The third kappa shape index (κ3) is 2.33. The Labute approximate surface area is 92.3 Å². The Morgan fingerprint density at radius 2 is 2.12 bits per heavy atom. The van der Waals surface area contributed by atoms with E-state index in [2.05, 4.69) is 15.3 Å². The zero-order valence-corrected chi connectivity index (χ0v) is 8.86. The van der Waals surface area contributed by atoms with Crippen LogP contribution in [0.1, 0.15) is 29.0 Å². The van der Waals surface area contributed by atoms with Crippen molar-refractivity contribution in [2.75, 3.05) is 5.32 Å². The maximum atomic E-state index is 11.5. The number of carbonyl (C=O) groups is 2. The Kier molecular flexibility index (Phi) is 2.55. The van der Waals surface area contributed by atoms with E-state index in [1.165, 1.54) is 6.07 Å². The van der Waals surface area contributed by atoms with Crippen molar-refractivity contribution in [2.45, 2.75) is 19.8 Å². The van der Waals surface area contributed by atoms with Crippen molar-refractivity contribution in [3.05, 3.63) is 17.5 Å². The van der Waals surface area contributed by atoms with Crippen molar-refractivity contribution in [1.82, 2.24) is 9.97 Å². The van der Waals surface area contributed by atoms with E-state index in [9.17, 15) is 9.59 Å². The molecule has 1 fully saturated rings. The SMILES string of the molecule is Cc1cc(C(N)=O)nc(NC(=O)C2CC2)n1. The maximum Gasteiger partial charge on any atom is 0.267 e. The lowest BCUT2D eigenvalue weighted by molar-refractivity contribution is -0.117. The summed E-state index contributed by atoms with van der Waals surface area (Å²) in [5.74, 6) is -0.514. The molecule has 1 heterocycles. The summed E-state index contributed by atoms with van der Waals surface area (Å²) in [6.45, 7) is 1.71. The van der Waals surface area contributed by atoms with Gasteiger partial charge in [-0.2, -0.15) is 0 Å². The van der Waals surface area contributed by atoms with Crippen LogP contribution in [0.3, 0.4) is 0 Å². The standard InChI is InChI=1S/C10H12N4O2/c1-5-4-7(8(11)15)13-10(12-5)14-9(16)6-2-3-6/h4,6H,2-3H2,1H3,(H2,11,15)(H,12,13,14,16). The number of nitrogens with zero attached hydrogens (tertiary/aromatic N) is 2. The molecule has 0 saturated heterocycles. The zero-order valence-electron chi connectivity index (χ0n) is 8.86. The molecule has 1 saturated carbocycles. The van der Waals surface area contributed by atoms with Gasteiger partial charge in [0.25, 0.3) is 5.91 Å². The summed E-state index contributed by atoms with van der Waals surface area (Å²) in [5.41, 5.74) is 5.81. The number of hydrogen-bond acceptors (Lipinski definition) is 4. The van der Waals surface area contributed by atoms with Gasteiger partial charge in [0.1, 0.15) is 5.69 Å². The summed E-state index contributed by atoms with van der Waals surface area (Å²) in [4.78, 5) is 30.3. The van der Waals surface area contributed by atoms with Crippen LogP contribution in [0.15, 0.2) is 6.07 Å². The number of aromatic nitrogens is 2. The van der Waals surface area contributed by atoms with E-state index >= 15 is 0 Å². The van der Waals surface area contributed by atoms with Gasteiger partial charge in [-0.15, -0.1) is 0 Å². The van der Waals surface area contributed by atoms with Crippen molar-refractivity contribution >= 4 is 17.8 Å². The van der Waals surface area contributed by atoms with E-state index in [1.54, 1.807) is 6.92 Å². The van der Waals surface area contributed by atoms with Gasteiger partial charge in [-0.25, -0.2) is 9.97 Å². The van der Waals surface area contributed by atoms with Crippen LogP contribution in [0.2, 0.25) is 0 Å². The molecule has 1 aromatic rings. The monoisotopic (exact) mass is 220 g/mol. The third-order valence-electron chi connectivity index (χ3n) is 2.29. The van der Waals surface area contributed by atoms with Crippen LogP contribution in [-0.2, 0) is 4.79 Å². The highest BCUT2D eigenvalue weighted by molar-refractivity contribution is 5.94. The molecule has 3 N–H and O–H groups in total. The second-order valence-corrected chi connectivity index (χ2v) is 3.85. The number of amides is 2. The Bertz CT molecular complexity index is 454. The number of nitrogens with one attached hydrogen (secondary N) is 1. The van der Waals surface area contributed by atoms with E-state index in [0.29, 0.717) is 5.69 Å². The van der Waals surface area contributed by atoms with Crippen molar-refractivity contribution < 1.29 is 9.59 Å². The lowest BCUT2D eigenvalue weighted by atomic mass is 10.3. The summed E-state index contributed by atoms with van der Waals surface area (Å²) in [6.07, 6.45) is 1.81. The molecule has 0 spiro atoms. The highest BCUT2D eigenvalue weighted by atomic mass is 16.2. The average Bonchev–Trinajstić information content (AvgIpc) is 2.99. The van der Waals surface area contributed by atoms with Crippen LogP contribution in [-0.4, -0.2) is 21.8 Å². The molecule has 2 rings (SSSR count). The summed E-state index contributed by atoms with van der Waals surface area (Å²) in [5, 5.41) is 2.57. The van der Waals surface area contributed by atoms with E-state index in [0.717, 1.165) is 12.8 Å². The molecule has 1 aliphatic rings. The number of nitrogens with two attached hydrogens (primary N) is 1. The van der Waals surface area contributed by atoms with Gasteiger partial charge in [0.05, 0.1) is 0 Å². The van der Waals surface area contributed by atoms with Crippen molar-refractivity contribution in [3.8, 4) is 0 Å². The fourth-order valence-corrected chi connectivity index (χ4v) is 1.31. The first kappa shape index (κ1) is 10.5. The Morgan fingerprint density at radius 1 is 1.44 bits per heavy atom. The molecular weight excluding hydrogens is 208 g/mol. The summed E-state index contributed by atoms with van der Waals surface area (Å²) < 4.78 is 0. The van der Waals surface area contributed by atoms with Gasteiger partial charge >= 0.3 is 0 Å². The number of rotatable bonds is 3. The second kappa shape index (κ2) is 3.88. The average molecular weight is 220 g/mol. The van der Waals surface area contributed by atoms with Crippen LogP contribution in [0.4, 0.5) is 5.95 Å². The fraction of sp³-hybridized carbons (Fsp3) is 0.400. The predicted molar refractivity (Wildman–Crippen MR) is 56.6 cm³/mol. The predicted octanol–water partition coefficient (Wildman–Crippen LogP) is 0.232. The number of primary amides is 1. The summed E-state index contributed by atoms with van der Waals surface area (Å²) in [7, 11) is 0. The Morgan fingerprint density at radius 3 is 2.69 bits per heavy atom. The molecule has 0 aliphatic heterocycles. The molecule has 0 unspecified atom stereocenters.